The molecule has 1 aliphatic rings. The van der Waals surface area contributed by atoms with Gasteiger partial charge >= 0.3 is 0 Å². The van der Waals surface area contributed by atoms with Crippen molar-refractivity contribution in [3.8, 4) is 5.75 Å². The van der Waals surface area contributed by atoms with E-state index in [0.717, 1.165) is 26.7 Å². The topological polar surface area (TPSA) is 46.6 Å². The Balaban J connectivity index is 1.55. The molecule has 0 N–H and O–H groups in total. The molecular formula is C24H17BrFNO3S. The van der Waals surface area contributed by atoms with Gasteiger partial charge in [0.2, 0.25) is 0 Å². The fourth-order valence-corrected chi connectivity index (χ4v) is 4.26. The fraction of sp³-hybridized carbons (Fsp3) is 0.0833. The van der Waals surface area contributed by atoms with E-state index in [1.165, 1.54) is 12.1 Å². The fourth-order valence-electron chi connectivity index (χ4n) is 3.05. The maximum atomic E-state index is 13.1. The van der Waals surface area contributed by atoms with Crippen molar-refractivity contribution in [1.29, 1.82) is 0 Å². The molecule has 1 aliphatic heterocycles. The number of benzene rings is 3. The van der Waals surface area contributed by atoms with Gasteiger partial charge in [-0.1, -0.05) is 58.4 Å². The number of carbonyl (C=O) groups is 2. The van der Waals surface area contributed by atoms with Crippen LogP contribution in [0.4, 0.5) is 9.18 Å². The lowest BCUT2D eigenvalue weighted by Gasteiger charge is -2.12. The zero-order valence-corrected chi connectivity index (χ0v) is 18.7. The van der Waals surface area contributed by atoms with Crippen LogP contribution >= 0.6 is 27.7 Å². The molecule has 0 spiro atoms. The highest BCUT2D eigenvalue weighted by Gasteiger charge is 2.35. The average Bonchev–Trinajstić information content (AvgIpc) is 3.03. The molecule has 0 aromatic heterocycles. The Morgan fingerprint density at radius 1 is 0.968 bits per heavy atom. The lowest BCUT2D eigenvalue weighted by molar-refractivity contribution is -0.123. The lowest BCUT2D eigenvalue weighted by Crippen LogP contribution is -2.27. The van der Waals surface area contributed by atoms with Gasteiger partial charge in [0.15, 0.2) is 0 Å². The molecule has 3 aromatic carbocycles. The van der Waals surface area contributed by atoms with Crippen LogP contribution in [0.2, 0.25) is 0 Å². The zero-order valence-electron chi connectivity index (χ0n) is 16.3. The van der Waals surface area contributed by atoms with Crippen LogP contribution in [-0.4, -0.2) is 16.0 Å². The predicted octanol–water partition coefficient (Wildman–Crippen LogP) is 6.40. The van der Waals surface area contributed by atoms with Crippen molar-refractivity contribution in [2.75, 3.05) is 0 Å². The van der Waals surface area contributed by atoms with Crippen molar-refractivity contribution in [2.24, 2.45) is 0 Å². The first-order valence-corrected chi connectivity index (χ1v) is 11.1. The summed E-state index contributed by atoms with van der Waals surface area (Å²) in [6.45, 7) is 0.480. The summed E-state index contributed by atoms with van der Waals surface area (Å²) >= 11 is 4.33. The lowest BCUT2D eigenvalue weighted by atomic mass is 10.1. The van der Waals surface area contributed by atoms with Crippen molar-refractivity contribution in [3.05, 3.63) is 105 Å². The van der Waals surface area contributed by atoms with Gasteiger partial charge in [-0.05, 0) is 59.3 Å². The number of rotatable bonds is 6. The Labute approximate surface area is 191 Å². The van der Waals surface area contributed by atoms with Crippen molar-refractivity contribution in [1.82, 2.24) is 4.90 Å². The third kappa shape index (κ3) is 5.24. The smallest absolute Gasteiger partial charge is 0.293 e. The summed E-state index contributed by atoms with van der Waals surface area (Å²) in [6, 6.07) is 21.0. The Morgan fingerprint density at radius 2 is 1.71 bits per heavy atom. The first kappa shape index (κ1) is 21.3. The molecule has 2 amide bonds. The molecule has 0 aliphatic carbocycles. The van der Waals surface area contributed by atoms with Crippen LogP contribution in [0.25, 0.3) is 6.08 Å². The predicted molar refractivity (Wildman–Crippen MR) is 123 cm³/mol. The van der Waals surface area contributed by atoms with Crippen LogP contribution in [0.15, 0.2) is 82.2 Å². The number of imide groups is 1. The maximum absolute atomic E-state index is 13.1. The molecule has 0 atom stereocenters. The van der Waals surface area contributed by atoms with E-state index in [1.807, 2.05) is 48.5 Å². The van der Waals surface area contributed by atoms with Crippen molar-refractivity contribution >= 4 is 44.9 Å². The van der Waals surface area contributed by atoms with Crippen LogP contribution in [-0.2, 0) is 17.9 Å². The SMILES string of the molecule is O=C1S/C(=C\c2cc(Br)ccc2OCc2ccccc2)C(=O)N1Cc1ccc(F)cc1. The van der Waals surface area contributed by atoms with Gasteiger partial charge in [-0.15, -0.1) is 0 Å². The van der Waals surface area contributed by atoms with E-state index in [-0.39, 0.29) is 23.5 Å². The van der Waals surface area contributed by atoms with Gasteiger partial charge in [0.05, 0.1) is 11.4 Å². The summed E-state index contributed by atoms with van der Waals surface area (Å²) in [5, 5.41) is -0.359. The second-order valence-electron chi connectivity index (χ2n) is 6.85. The molecule has 0 bridgehead atoms. The summed E-state index contributed by atoms with van der Waals surface area (Å²) in [5.41, 5.74) is 2.40. The number of amides is 2. The molecule has 1 heterocycles. The van der Waals surface area contributed by atoms with E-state index in [9.17, 15) is 14.0 Å². The summed E-state index contributed by atoms with van der Waals surface area (Å²) in [4.78, 5) is 26.8. The minimum atomic E-state index is -0.381. The summed E-state index contributed by atoms with van der Waals surface area (Å²) in [7, 11) is 0. The number of nitrogens with zero attached hydrogens (tertiary/aromatic N) is 1. The molecule has 0 unspecified atom stereocenters. The maximum Gasteiger partial charge on any atom is 0.293 e. The molecule has 156 valence electrons. The third-order valence-electron chi connectivity index (χ3n) is 4.62. The van der Waals surface area contributed by atoms with E-state index < -0.39 is 0 Å². The van der Waals surface area contributed by atoms with Crippen LogP contribution < -0.4 is 4.74 Å². The van der Waals surface area contributed by atoms with Crippen LogP contribution in [0.3, 0.4) is 0 Å². The number of carbonyl (C=O) groups excluding carboxylic acids is 2. The standard InChI is InChI=1S/C24H17BrFNO3S/c25-19-8-11-21(30-15-17-4-2-1-3-5-17)18(12-19)13-22-23(28)27(24(29)31-22)14-16-6-9-20(26)10-7-16/h1-13H,14-15H2/b22-13-. The molecule has 31 heavy (non-hydrogen) atoms. The number of halogens is 2. The molecule has 1 fully saturated rings. The molecule has 0 saturated carbocycles. The number of hydrogen-bond donors (Lipinski definition) is 0. The third-order valence-corrected chi connectivity index (χ3v) is 6.02. The largest absolute Gasteiger partial charge is 0.488 e. The van der Waals surface area contributed by atoms with Gasteiger partial charge in [-0.2, -0.15) is 0 Å². The van der Waals surface area contributed by atoms with Crippen molar-refractivity contribution in [2.45, 2.75) is 13.2 Å². The minimum absolute atomic E-state index is 0.0954. The molecule has 3 aromatic rings. The monoisotopic (exact) mass is 497 g/mol. The molecule has 4 rings (SSSR count). The molecule has 4 nitrogen and oxygen atoms in total. The Morgan fingerprint density at radius 3 is 2.45 bits per heavy atom. The van der Waals surface area contributed by atoms with Crippen molar-refractivity contribution < 1.29 is 18.7 Å². The zero-order chi connectivity index (χ0) is 21.8. The van der Waals surface area contributed by atoms with E-state index in [2.05, 4.69) is 15.9 Å². The first-order valence-electron chi connectivity index (χ1n) is 9.46. The number of thioether (sulfide) groups is 1. The highest BCUT2D eigenvalue weighted by Crippen LogP contribution is 2.35. The van der Waals surface area contributed by atoms with Crippen LogP contribution in [0, 0.1) is 5.82 Å². The summed E-state index contributed by atoms with van der Waals surface area (Å²) < 4.78 is 19.9. The highest BCUT2D eigenvalue weighted by molar-refractivity contribution is 9.10. The van der Waals surface area contributed by atoms with Gasteiger partial charge in [0.25, 0.3) is 11.1 Å². The molecule has 7 heteroatoms. The van der Waals surface area contributed by atoms with Crippen LogP contribution in [0.5, 0.6) is 5.75 Å². The second-order valence-corrected chi connectivity index (χ2v) is 8.76. The Bertz CT molecular complexity index is 1150. The van der Waals surface area contributed by atoms with Gasteiger partial charge in [0, 0.05) is 10.0 Å². The van der Waals surface area contributed by atoms with Gasteiger partial charge < -0.3 is 4.74 Å². The Kier molecular flexibility index (Phi) is 6.53. The quantitative estimate of drug-likeness (QED) is 0.369. The molecular weight excluding hydrogens is 481 g/mol. The normalized spacial score (nSPS) is 15.0. The molecule has 1 saturated heterocycles. The Hall–Kier alpha value is -2.90. The van der Waals surface area contributed by atoms with E-state index in [0.29, 0.717) is 28.4 Å². The van der Waals surface area contributed by atoms with E-state index in [1.54, 1.807) is 18.2 Å². The average molecular weight is 498 g/mol. The highest BCUT2D eigenvalue weighted by atomic mass is 79.9. The summed E-state index contributed by atoms with van der Waals surface area (Å²) in [6.07, 6.45) is 1.67. The minimum Gasteiger partial charge on any atom is -0.488 e. The number of hydrogen-bond acceptors (Lipinski definition) is 4. The second kappa shape index (κ2) is 9.49. The van der Waals surface area contributed by atoms with E-state index in [4.69, 9.17) is 4.74 Å². The van der Waals surface area contributed by atoms with Crippen molar-refractivity contribution in [3.63, 3.8) is 0 Å². The molecule has 0 radical (unpaired) electrons. The van der Waals surface area contributed by atoms with E-state index >= 15 is 0 Å². The first-order chi connectivity index (χ1) is 15.0. The number of ether oxygens (including phenoxy) is 1. The van der Waals surface area contributed by atoms with Crippen LogP contribution in [0.1, 0.15) is 16.7 Å². The summed E-state index contributed by atoms with van der Waals surface area (Å²) in [5.74, 6) is -0.138. The van der Waals surface area contributed by atoms with Gasteiger partial charge in [0.1, 0.15) is 18.2 Å². The van der Waals surface area contributed by atoms with Gasteiger partial charge in [-0.3, -0.25) is 14.5 Å². The van der Waals surface area contributed by atoms with Gasteiger partial charge in [-0.25, -0.2) is 4.39 Å².